The van der Waals surface area contributed by atoms with Crippen LogP contribution in [0.5, 0.6) is 0 Å². The van der Waals surface area contributed by atoms with Gasteiger partial charge in [-0.2, -0.15) is 0 Å². The first-order valence-electron chi connectivity index (χ1n) is 8.57. The second kappa shape index (κ2) is 7.64. The highest BCUT2D eigenvalue weighted by atomic mass is 28.3. The molecule has 0 amide bonds. The van der Waals surface area contributed by atoms with Gasteiger partial charge in [0, 0.05) is 11.7 Å². The van der Waals surface area contributed by atoms with Gasteiger partial charge in [0.25, 0.3) is 0 Å². The molecular weight excluding hydrogens is 282 g/mol. The molecule has 118 valence electrons. The van der Waals surface area contributed by atoms with E-state index in [9.17, 15) is 0 Å². The van der Waals surface area contributed by atoms with Crippen molar-refractivity contribution in [3.05, 3.63) is 66.2 Å². The minimum atomic E-state index is -1.50. The Morgan fingerprint density at radius 1 is 0.773 bits per heavy atom. The number of nitrogens with zero attached hydrogens (tertiary/aromatic N) is 1. The summed E-state index contributed by atoms with van der Waals surface area (Å²) in [6, 6.07) is 26.3. The quantitative estimate of drug-likeness (QED) is 0.545. The Bertz CT molecular complexity index is 540. The van der Waals surface area contributed by atoms with Gasteiger partial charge in [-0.15, -0.1) is 0 Å². The van der Waals surface area contributed by atoms with E-state index in [0.717, 1.165) is 0 Å². The summed E-state index contributed by atoms with van der Waals surface area (Å²) in [7, 11) is -1.50. The molecule has 2 heteroatoms. The Morgan fingerprint density at radius 2 is 1.23 bits per heavy atom. The third-order valence-corrected chi connectivity index (χ3v) is 10.8. The largest absolute Gasteiger partial charge is 0.391 e. The fraction of sp³-hybridized carbons (Fsp3) is 0.400. The summed E-state index contributed by atoms with van der Waals surface area (Å²) in [5.41, 5.74) is 2.80. The molecule has 0 heterocycles. The Balaban J connectivity index is 2.51. The number of para-hydroxylation sites is 1. The van der Waals surface area contributed by atoms with Crippen LogP contribution in [0.25, 0.3) is 0 Å². The lowest BCUT2D eigenvalue weighted by Crippen LogP contribution is -2.53. The van der Waals surface area contributed by atoms with Gasteiger partial charge in [-0.3, -0.25) is 0 Å². The molecule has 22 heavy (non-hydrogen) atoms. The highest BCUT2D eigenvalue weighted by molar-refractivity contribution is 6.83. The van der Waals surface area contributed by atoms with Gasteiger partial charge in [0.15, 0.2) is 8.24 Å². The number of hydrogen-bond donors (Lipinski definition) is 0. The van der Waals surface area contributed by atoms with E-state index in [1.54, 1.807) is 0 Å². The maximum atomic E-state index is 2.78. The molecule has 0 unspecified atom stereocenters. The molecule has 0 aliphatic heterocycles. The normalized spacial score (nSPS) is 12.9. The lowest BCUT2D eigenvalue weighted by molar-refractivity contribution is 0.775. The average Bonchev–Trinajstić information content (AvgIpc) is 2.61. The van der Waals surface area contributed by atoms with E-state index in [-0.39, 0.29) is 0 Å². The number of hydrogen-bond acceptors (Lipinski definition) is 1. The molecule has 0 aromatic heterocycles. The molecule has 0 N–H and O–H groups in total. The molecule has 0 bridgehead atoms. The summed E-state index contributed by atoms with van der Waals surface area (Å²) in [6.07, 6.45) is 0. The van der Waals surface area contributed by atoms with Crippen LogP contribution in [0, 0.1) is 0 Å². The lowest BCUT2D eigenvalue weighted by atomic mass is 10.1. The molecule has 0 radical (unpaired) electrons. The lowest BCUT2D eigenvalue weighted by Gasteiger charge is -2.47. The van der Waals surface area contributed by atoms with E-state index in [2.05, 4.69) is 92.9 Å². The van der Waals surface area contributed by atoms with Gasteiger partial charge in [0.1, 0.15) is 0 Å². The van der Waals surface area contributed by atoms with E-state index in [0.29, 0.717) is 6.04 Å². The van der Waals surface area contributed by atoms with Crippen LogP contribution in [0.15, 0.2) is 60.7 Å². The van der Waals surface area contributed by atoms with Crippen LogP contribution < -0.4 is 4.57 Å². The Hall–Kier alpha value is -1.54. The van der Waals surface area contributed by atoms with Crippen molar-refractivity contribution >= 4 is 13.9 Å². The summed E-state index contributed by atoms with van der Waals surface area (Å²) < 4.78 is 2.78. The van der Waals surface area contributed by atoms with Crippen LogP contribution >= 0.6 is 0 Å². The SMILES string of the molecule is CC[Si](CC)(CC)N(c1ccccc1)[C@@H](C)c1ccccc1. The smallest absolute Gasteiger partial charge is 0.156 e. The molecule has 1 atom stereocenters. The van der Waals surface area contributed by atoms with Gasteiger partial charge < -0.3 is 4.57 Å². The van der Waals surface area contributed by atoms with E-state index in [1.165, 1.54) is 29.4 Å². The van der Waals surface area contributed by atoms with Crippen LogP contribution in [0.2, 0.25) is 18.1 Å². The minimum absolute atomic E-state index is 0.426. The monoisotopic (exact) mass is 311 g/mol. The van der Waals surface area contributed by atoms with E-state index in [4.69, 9.17) is 0 Å². The molecule has 0 fully saturated rings. The first-order chi connectivity index (χ1) is 10.7. The third-order valence-electron chi connectivity index (χ3n) is 5.19. The van der Waals surface area contributed by atoms with Gasteiger partial charge in [0.2, 0.25) is 0 Å². The van der Waals surface area contributed by atoms with E-state index in [1.807, 2.05) is 0 Å². The topological polar surface area (TPSA) is 3.24 Å². The van der Waals surface area contributed by atoms with Crippen molar-refractivity contribution in [1.82, 2.24) is 0 Å². The second-order valence-electron chi connectivity index (χ2n) is 6.08. The summed E-state index contributed by atoms with van der Waals surface area (Å²) in [6.45, 7) is 9.51. The number of rotatable bonds is 7. The van der Waals surface area contributed by atoms with E-state index < -0.39 is 8.24 Å². The second-order valence-corrected chi connectivity index (χ2v) is 11.1. The molecule has 1 nitrogen and oxygen atoms in total. The summed E-state index contributed by atoms with van der Waals surface area (Å²) in [5.74, 6) is 0. The Kier molecular flexibility index (Phi) is 5.84. The first-order valence-corrected chi connectivity index (χ1v) is 11.1. The molecule has 0 aliphatic rings. The fourth-order valence-corrected chi connectivity index (χ4v) is 7.83. The predicted molar refractivity (Wildman–Crippen MR) is 101 cm³/mol. The highest BCUT2D eigenvalue weighted by Gasteiger charge is 2.37. The molecule has 0 saturated heterocycles. The summed E-state index contributed by atoms with van der Waals surface area (Å²) in [4.78, 5) is 0. The highest BCUT2D eigenvalue weighted by Crippen LogP contribution is 2.37. The maximum Gasteiger partial charge on any atom is 0.156 e. The van der Waals surface area contributed by atoms with Crippen molar-refractivity contribution in [3.63, 3.8) is 0 Å². The van der Waals surface area contributed by atoms with Crippen LogP contribution in [0.4, 0.5) is 5.69 Å². The Morgan fingerprint density at radius 3 is 1.68 bits per heavy atom. The van der Waals surface area contributed by atoms with Crippen molar-refractivity contribution in [3.8, 4) is 0 Å². The maximum absolute atomic E-state index is 2.78. The molecule has 2 aromatic rings. The standard InChI is InChI=1S/C20H29NSi/c1-5-22(6-2,7-3)21(20-16-12-9-13-17-20)18(4)19-14-10-8-11-15-19/h8-18H,5-7H2,1-4H3/t18-/m0/s1. The molecule has 2 rings (SSSR count). The minimum Gasteiger partial charge on any atom is -0.391 e. The van der Waals surface area contributed by atoms with Crippen LogP contribution in [-0.4, -0.2) is 8.24 Å². The fourth-order valence-electron chi connectivity index (χ4n) is 3.64. The molecule has 2 aromatic carbocycles. The van der Waals surface area contributed by atoms with Gasteiger partial charge >= 0.3 is 0 Å². The zero-order valence-corrected chi connectivity index (χ0v) is 15.4. The van der Waals surface area contributed by atoms with Crippen molar-refractivity contribution in [2.24, 2.45) is 0 Å². The molecule has 0 aliphatic carbocycles. The van der Waals surface area contributed by atoms with Crippen molar-refractivity contribution < 1.29 is 0 Å². The van der Waals surface area contributed by atoms with Gasteiger partial charge in [-0.25, -0.2) is 0 Å². The average molecular weight is 312 g/mol. The van der Waals surface area contributed by atoms with Crippen LogP contribution in [0.3, 0.4) is 0 Å². The van der Waals surface area contributed by atoms with Gasteiger partial charge in [-0.1, -0.05) is 69.3 Å². The number of benzene rings is 2. The first kappa shape index (κ1) is 16.8. The summed E-state index contributed by atoms with van der Waals surface area (Å²) >= 11 is 0. The van der Waals surface area contributed by atoms with Crippen molar-refractivity contribution in [2.45, 2.75) is 51.9 Å². The number of anilines is 1. The predicted octanol–water partition coefficient (Wildman–Crippen LogP) is 6.26. The van der Waals surface area contributed by atoms with Crippen LogP contribution in [-0.2, 0) is 0 Å². The van der Waals surface area contributed by atoms with Gasteiger partial charge in [-0.05, 0) is 42.8 Å². The zero-order chi connectivity index (χ0) is 16.0. The molecule has 0 saturated carbocycles. The summed E-state index contributed by atoms with van der Waals surface area (Å²) in [5, 5.41) is 0. The zero-order valence-electron chi connectivity index (χ0n) is 14.4. The van der Waals surface area contributed by atoms with Gasteiger partial charge in [0.05, 0.1) is 0 Å². The molecule has 0 spiro atoms. The Labute approximate surface area is 137 Å². The van der Waals surface area contributed by atoms with Crippen molar-refractivity contribution in [1.29, 1.82) is 0 Å². The third kappa shape index (κ3) is 3.27. The van der Waals surface area contributed by atoms with Crippen LogP contribution in [0.1, 0.15) is 39.3 Å². The molecular formula is C20H29NSi. The van der Waals surface area contributed by atoms with E-state index >= 15 is 0 Å². The van der Waals surface area contributed by atoms with Crippen molar-refractivity contribution in [2.75, 3.05) is 4.57 Å².